The highest BCUT2D eigenvalue weighted by atomic mass is 16.3. The highest BCUT2D eigenvalue weighted by Gasteiger charge is 2.31. The molecular formula is C12H26N2O. The molecule has 3 heteroatoms. The van der Waals surface area contributed by atoms with E-state index in [4.69, 9.17) is 0 Å². The third-order valence-corrected chi connectivity index (χ3v) is 3.30. The SMILES string of the molecule is CCCNCCC(C)(O)C1CCCCN1. The summed E-state index contributed by atoms with van der Waals surface area (Å²) >= 11 is 0. The van der Waals surface area contributed by atoms with Gasteiger partial charge in [0.15, 0.2) is 0 Å². The second-order valence-corrected chi connectivity index (χ2v) is 4.86. The summed E-state index contributed by atoms with van der Waals surface area (Å²) in [4.78, 5) is 0. The van der Waals surface area contributed by atoms with E-state index in [9.17, 15) is 5.11 Å². The van der Waals surface area contributed by atoms with Gasteiger partial charge in [-0.2, -0.15) is 0 Å². The smallest absolute Gasteiger partial charge is 0.0784 e. The minimum Gasteiger partial charge on any atom is -0.389 e. The van der Waals surface area contributed by atoms with Crippen LogP contribution in [0.1, 0.15) is 46.0 Å². The van der Waals surface area contributed by atoms with Crippen molar-refractivity contribution in [3.05, 3.63) is 0 Å². The monoisotopic (exact) mass is 214 g/mol. The summed E-state index contributed by atoms with van der Waals surface area (Å²) in [6, 6.07) is 0.287. The highest BCUT2D eigenvalue weighted by Crippen LogP contribution is 2.21. The third-order valence-electron chi connectivity index (χ3n) is 3.30. The van der Waals surface area contributed by atoms with Crippen LogP contribution in [0, 0.1) is 0 Å². The molecule has 0 amide bonds. The molecule has 0 radical (unpaired) electrons. The van der Waals surface area contributed by atoms with Gasteiger partial charge in [0.25, 0.3) is 0 Å². The average molecular weight is 214 g/mol. The van der Waals surface area contributed by atoms with Crippen LogP contribution in [0.5, 0.6) is 0 Å². The minimum atomic E-state index is -0.554. The fourth-order valence-electron chi connectivity index (χ4n) is 2.20. The first-order valence-corrected chi connectivity index (χ1v) is 6.33. The first-order chi connectivity index (χ1) is 7.17. The second-order valence-electron chi connectivity index (χ2n) is 4.86. The van der Waals surface area contributed by atoms with Crippen LogP contribution in [-0.2, 0) is 0 Å². The average Bonchev–Trinajstić information content (AvgIpc) is 2.26. The fraction of sp³-hybridized carbons (Fsp3) is 1.00. The maximum atomic E-state index is 10.3. The van der Waals surface area contributed by atoms with Crippen LogP contribution in [0.15, 0.2) is 0 Å². The van der Waals surface area contributed by atoms with Crippen molar-refractivity contribution in [2.24, 2.45) is 0 Å². The molecule has 1 heterocycles. The number of hydrogen-bond donors (Lipinski definition) is 3. The number of aliphatic hydroxyl groups is 1. The predicted molar refractivity (Wildman–Crippen MR) is 64.0 cm³/mol. The molecular weight excluding hydrogens is 188 g/mol. The number of piperidine rings is 1. The Morgan fingerprint density at radius 1 is 1.40 bits per heavy atom. The number of nitrogens with one attached hydrogen (secondary N) is 2. The van der Waals surface area contributed by atoms with Crippen LogP contribution in [0.2, 0.25) is 0 Å². The summed E-state index contributed by atoms with van der Waals surface area (Å²) in [6.07, 6.45) is 5.60. The maximum absolute atomic E-state index is 10.3. The van der Waals surface area contributed by atoms with E-state index >= 15 is 0 Å². The third kappa shape index (κ3) is 4.49. The Morgan fingerprint density at radius 2 is 2.20 bits per heavy atom. The zero-order valence-electron chi connectivity index (χ0n) is 10.2. The molecule has 0 aromatic carbocycles. The van der Waals surface area contributed by atoms with Gasteiger partial charge in [0.1, 0.15) is 0 Å². The number of hydrogen-bond acceptors (Lipinski definition) is 3. The van der Waals surface area contributed by atoms with Crippen molar-refractivity contribution < 1.29 is 5.11 Å². The summed E-state index contributed by atoms with van der Waals surface area (Å²) in [5.74, 6) is 0. The zero-order chi connectivity index (χ0) is 11.1. The van der Waals surface area contributed by atoms with Crippen LogP contribution in [0.25, 0.3) is 0 Å². The van der Waals surface area contributed by atoms with Crippen molar-refractivity contribution in [3.8, 4) is 0 Å². The Labute approximate surface area is 93.6 Å². The van der Waals surface area contributed by atoms with Crippen molar-refractivity contribution in [1.29, 1.82) is 0 Å². The van der Waals surface area contributed by atoms with Gasteiger partial charge in [-0.05, 0) is 52.2 Å². The van der Waals surface area contributed by atoms with E-state index in [0.29, 0.717) is 0 Å². The van der Waals surface area contributed by atoms with Crippen molar-refractivity contribution in [2.45, 2.75) is 57.6 Å². The lowest BCUT2D eigenvalue weighted by atomic mass is 9.87. The lowest BCUT2D eigenvalue weighted by Gasteiger charge is -2.36. The first-order valence-electron chi connectivity index (χ1n) is 6.33. The Hall–Kier alpha value is -0.120. The zero-order valence-corrected chi connectivity index (χ0v) is 10.2. The van der Waals surface area contributed by atoms with Crippen LogP contribution < -0.4 is 10.6 Å². The summed E-state index contributed by atoms with van der Waals surface area (Å²) in [6.45, 7) is 7.15. The summed E-state index contributed by atoms with van der Waals surface area (Å²) in [7, 11) is 0. The molecule has 1 aliphatic rings. The molecule has 0 aliphatic carbocycles. The van der Waals surface area contributed by atoms with E-state index in [2.05, 4.69) is 17.6 Å². The van der Waals surface area contributed by atoms with Crippen molar-refractivity contribution in [2.75, 3.05) is 19.6 Å². The fourth-order valence-corrected chi connectivity index (χ4v) is 2.20. The largest absolute Gasteiger partial charge is 0.389 e. The van der Waals surface area contributed by atoms with Gasteiger partial charge < -0.3 is 15.7 Å². The summed E-state index contributed by atoms with van der Waals surface area (Å²) in [5.41, 5.74) is -0.554. The van der Waals surface area contributed by atoms with Gasteiger partial charge in [-0.3, -0.25) is 0 Å². The van der Waals surface area contributed by atoms with E-state index < -0.39 is 5.60 Å². The molecule has 3 nitrogen and oxygen atoms in total. The Bertz CT molecular complexity index is 165. The summed E-state index contributed by atoms with van der Waals surface area (Å²) < 4.78 is 0. The maximum Gasteiger partial charge on any atom is 0.0784 e. The van der Waals surface area contributed by atoms with Gasteiger partial charge in [0.05, 0.1) is 5.60 Å². The topological polar surface area (TPSA) is 44.3 Å². The van der Waals surface area contributed by atoms with Crippen molar-refractivity contribution in [1.82, 2.24) is 10.6 Å². The van der Waals surface area contributed by atoms with Gasteiger partial charge >= 0.3 is 0 Å². The van der Waals surface area contributed by atoms with Crippen molar-refractivity contribution in [3.63, 3.8) is 0 Å². The Balaban J connectivity index is 2.23. The molecule has 1 rings (SSSR count). The van der Waals surface area contributed by atoms with Gasteiger partial charge in [-0.1, -0.05) is 13.3 Å². The molecule has 15 heavy (non-hydrogen) atoms. The summed E-state index contributed by atoms with van der Waals surface area (Å²) in [5, 5.41) is 17.1. The molecule has 0 aromatic heterocycles. The standard InChI is InChI=1S/C12H26N2O/c1-3-8-13-10-7-12(2,15)11-6-4-5-9-14-11/h11,13-15H,3-10H2,1-2H3. The first kappa shape index (κ1) is 12.9. The Kier molecular flexibility index (Phi) is 5.58. The Morgan fingerprint density at radius 3 is 2.80 bits per heavy atom. The molecule has 0 bridgehead atoms. The molecule has 0 saturated carbocycles. The van der Waals surface area contributed by atoms with Gasteiger partial charge in [-0.15, -0.1) is 0 Å². The van der Waals surface area contributed by atoms with Crippen LogP contribution >= 0.6 is 0 Å². The van der Waals surface area contributed by atoms with Crippen LogP contribution in [0.4, 0.5) is 0 Å². The lowest BCUT2D eigenvalue weighted by molar-refractivity contribution is 0.00288. The van der Waals surface area contributed by atoms with Gasteiger partial charge in [0, 0.05) is 6.04 Å². The lowest BCUT2D eigenvalue weighted by Crippen LogP contribution is -2.52. The molecule has 2 atom stereocenters. The molecule has 1 fully saturated rings. The van der Waals surface area contributed by atoms with Gasteiger partial charge in [0.2, 0.25) is 0 Å². The van der Waals surface area contributed by atoms with E-state index in [1.807, 2.05) is 6.92 Å². The molecule has 1 aliphatic heterocycles. The van der Waals surface area contributed by atoms with E-state index in [-0.39, 0.29) is 6.04 Å². The normalized spacial score (nSPS) is 26.2. The predicted octanol–water partition coefficient (Wildman–Crippen LogP) is 1.27. The second kappa shape index (κ2) is 6.46. The van der Waals surface area contributed by atoms with E-state index in [1.54, 1.807) is 0 Å². The van der Waals surface area contributed by atoms with Crippen LogP contribution in [0.3, 0.4) is 0 Å². The quantitative estimate of drug-likeness (QED) is 0.583. The molecule has 0 aromatic rings. The number of rotatable bonds is 6. The van der Waals surface area contributed by atoms with Gasteiger partial charge in [-0.25, -0.2) is 0 Å². The van der Waals surface area contributed by atoms with E-state index in [1.165, 1.54) is 12.8 Å². The molecule has 0 spiro atoms. The molecule has 2 unspecified atom stereocenters. The molecule has 90 valence electrons. The van der Waals surface area contributed by atoms with Crippen LogP contribution in [-0.4, -0.2) is 36.4 Å². The highest BCUT2D eigenvalue weighted by molar-refractivity contribution is 4.90. The minimum absolute atomic E-state index is 0.287. The van der Waals surface area contributed by atoms with Crippen molar-refractivity contribution >= 4 is 0 Å². The van der Waals surface area contributed by atoms with E-state index in [0.717, 1.165) is 38.9 Å². The molecule has 3 N–H and O–H groups in total. The molecule has 1 saturated heterocycles.